The third kappa shape index (κ3) is 13.3. The van der Waals surface area contributed by atoms with E-state index in [9.17, 15) is 0 Å². The largest absolute Gasteiger partial charge is 0.330 e. The summed E-state index contributed by atoms with van der Waals surface area (Å²) in [6.07, 6.45) is 23.6. The predicted octanol–water partition coefficient (Wildman–Crippen LogP) is 8.41. The first-order valence-electron chi connectivity index (χ1n) is 13.6. The van der Waals surface area contributed by atoms with Crippen molar-refractivity contribution in [2.45, 2.75) is 135 Å². The number of nitrogens with one attached hydrogen (secondary N) is 1. The third-order valence-electron chi connectivity index (χ3n) is 6.92. The van der Waals surface area contributed by atoms with E-state index in [1.165, 1.54) is 114 Å². The topological polar surface area (TPSA) is 38.0 Å². The van der Waals surface area contributed by atoms with Gasteiger partial charge in [0.15, 0.2) is 0 Å². The molecule has 0 aromatic heterocycles. The van der Waals surface area contributed by atoms with E-state index in [0.29, 0.717) is 0 Å². The van der Waals surface area contributed by atoms with E-state index in [2.05, 4.69) is 50.4 Å². The first-order chi connectivity index (χ1) is 15.1. The van der Waals surface area contributed by atoms with Gasteiger partial charge in [0.1, 0.15) is 0 Å². The van der Waals surface area contributed by atoms with Gasteiger partial charge in [-0.25, -0.2) is 0 Å². The Labute approximate surface area is 195 Å². The third-order valence-corrected chi connectivity index (χ3v) is 6.92. The second-order valence-corrected chi connectivity index (χ2v) is 9.92. The summed E-state index contributed by atoms with van der Waals surface area (Å²) in [6.45, 7) is 8.68. The van der Waals surface area contributed by atoms with E-state index in [1.807, 2.05) is 0 Å². The van der Waals surface area contributed by atoms with Gasteiger partial charge in [0, 0.05) is 5.54 Å². The monoisotopic (exact) mass is 430 g/mol. The van der Waals surface area contributed by atoms with Crippen LogP contribution in [-0.4, -0.2) is 13.1 Å². The van der Waals surface area contributed by atoms with Gasteiger partial charge in [0.25, 0.3) is 0 Å². The molecule has 0 fully saturated rings. The molecule has 0 spiro atoms. The van der Waals surface area contributed by atoms with Crippen LogP contribution in [0.5, 0.6) is 0 Å². The molecule has 3 N–H and O–H groups in total. The number of nitrogens with two attached hydrogens (primary N) is 1. The zero-order chi connectivity index (χ0) is 22.6. The van der Waals surface area contributed by atoms with E-state index >= 15 is 0 Å². The van der Waals surface area contributed by atoms with Crippen LogP contribution in [0.2, 0.25) is 0 Å². The van der Waals surface area contributed by atoms with Crippen molar-refractivity contribution in [3.63, 3.8) is 0 Å². The van der Waals surface area contributed by atoms with Crippen molar-refractivity contribution in [1.82, 2.24) is 5.32 Å². The number of hydrogen-bond donors (Lipinski definition) is 2. The molecule has 180 valence electrons. The molecule has 0 saturated carbocycles. The second kappa shape index (κ2) is 18.7. The lowest BCUT2D eigenvalue weighted by Crippen LogP contribution is -2.41. The molecule has 1 aromatic carbocycles. The van der Waals surface area contributed by atoms with Gasteiger partial charge in [-0.2, -0.15) is 0 Å². The Morgan fingerprint density at radius 3 is 1.68 bits per heavy atom. The Hall–Kier alpha value is -0.860. The SMILES string of the molecule is CCCCCCCCCCCCCCCCCC(C)(NCCCN)c1ccccc1C. The fraction of sp³-hybridized carbons (Fsp3) is 0.793. The van der Waals surface area contributed by atoms with Gasteiger partial charge in [-0.1, -0.05) is 128 Å². The van der Waals surface area contributed by atoms with E-state index in [-0.39, 0.29) is 5.54 Å². The van der Waals surface area contributed by atoms with Crippen molar-refractivity contribution >= 4 is 0 Å². The molecule has 0 heterocycles. The molecule has 0 radical (unpaired) electrons. The molecule has 2 nitrogen and oxygen atoms in total. The van der Waals surface area contributed by atoms with Crippen LogP contribution in [0.15, 0.2) is 24.3 Å². The fourth-order valence-corrected chi connectivity index (χ4v) is 4.83. The maximum Gasteiger partial charge on any atom is 0.0408 e. The van der Waals surface area contributed by atoms with Crippen molar-refractivity contribution < 1.29 is 0 Å². The van der Waals surface area contributed by atoms with Crippen molar-refractivity contribution in [3.05, 3.63) is 35.4 Å². The number of unbranched alkanes of at least 4 members (excludes halogenated alkanes) is 14. The molecule has 0 aliphatic carbocycles. The van der Waals surface area contributed by atoms with Crippen LogP contribution in [0.3, 0.4) is 0 Å². The Balaban J connectivity index is 2.11. The van der Waals surface area contributed by atoms with E-state index in [0.717, 1.165) is 19.5 Å². The molecule has 31 heavy (non-hydrogen) atoms. The summed E-state index contributed by atoms with van der Waals surface area (Å²) in [5, 5.41) is 3.82. The number of rotatable bonds is 21. The molecular formula is C29H54N2. The Bertz CT molecular complexity index is 527. The molecule has 2 heteroatoms. The van der Waals surface area contributed by atoms with Crippen LogP contribution >= 0.6 is 0 Å². The van der Waals surface area contributed by atoms with Gasteiger partial charge in [-0.05, 0) is 50.9 Å². The van der Waals surface area contributed by atoms with Crippen molar-refractivity contribution in [1.29, 1.82) is 0 Å². The van der Waals surface area contributed by atoms with Gasteiger partial charge < -0.3 is 11.1 Å². The lowest BCUT2D eigenvalue weighted by atomic mass is 9.83. The van der Waals surface area contributed by atoms with E-state index < -0.39 is 0 Å². The lowest BCUT2D eigenvalue weighted by molar-refractivity contribution is 0.323. The Morgan fingerprint density at radius 1 is 0.710 bits per heavy atom. The van der Waals surface area contributed by atoms with Gasteiger partial charge in [-0.3, -0.25) is 0 Å². The molecule has 1 rings (SSSR count). The van der Waals surface area contributed by atoms with Gasteiger partial charge >= 0.3 is 0 Å². The van der Waals surface area contributed by atoms with Crippen molar-refractivity contribution in [2.24, 2.45) is 5.73 Å². The first kappa shape index (κ1) is 28.2. The summed E-state index contributed by atoms with van der Waals surface area (Å²) in [5.74, 6) is 0. The van der Waals surface area contributed by atoms with Crippen LogP contribution in [-0.2, 0) is 5.54 Å². The Kier molecular flexibility index (Phi) is 17.0. The minimum Gasteiger partial charge on any atom is -0.330 e. The van der Waals surface area contributed by atoms with Crippen LogP contribution in [0.1, 0.15) is 134 Å². The second-order valence-electron chi connectivity index (χ2n) is 9.92. The fourth-order valence-electron chi connectivity index (χ4n) is 4.83. The predicted molar refractivity (Wildman–Crippen MR) is 140 cm³/mol. The highest BCUT2D eigenvalue weighted by atomic mass is 15.0. The highest BCUT2D eigenvalue weighted by Gasteiger charge is 2.26. The average Bonchev–Trinajstić information content (AvgIpc) is 2.77. The van der Waals surface area contributed by atoms with E-state index in [4.69, 9.17) is 5.73 Å². The number of hydrogen-bond acceptors (Lipinski definition) is 2. The molecule has 0 aliphatic heterocycles. The summed E-state index contributed by atoms with van der Waals surface area (Å²) >= 11 is 0. The van der Waals surface area contributed by atoms with Crippen molar-refractivity contribution in [3.8, 4) is 0 Å². The van der Waals surface area contributed by atoms with Gasteiger partial charge in [0.2, 0.25) is 0 Å². The molecule has 1 unspecified atom stereocenters. The standard InChI is InChI=1S/C29H54N2/c1-4-5-6-7-8-9-10-11-12-13-14-15-16-17-20-24-29(3,31-26-21-25-30)28-23-19-18-22-27(28)2/h18-19,22-23,31H,4-17,20-21,24-26,30H2,1-3H3. The highest BCUT2D eigenvalue weighted by Crippen LogP contribution is 2.30. The zero-order valence-electron chi connectivity index (χ0n) is 21.3. The maximum atomic E-state index is 5.72. The summed E-state index contributed by atoms with van der Waals surface area (Å²) in [6, 6.07) is 8.87. The zero-order valence-corrected chi connectivity index (χ0v) is 21.3. The minimum absolute atomic E-state index is 0.0665. The molecule has 0 bridgehead atoms. The van der Waals surface area contributed by atoms with Crippen molar-refractivity contribution in [2.75, 3.05) is 13.1 Å². The Morgan fingerprint density at radius 2 is 1.19 bits per heavy atom. The minimum atomic E-state index is 0.0665. The summed E-state index contributed by atoms with van der Waals surface area (Å²) < 4.78 is 0. The smallest absolute Gasteiger partial charge is 0.0408 e. The lowest BCUT2D eigenvalue weighted by Gasteiger charge is -2.33. The first-order valence-corrected chi connectivity index (χ1v) is 13.6. The quantitative estimate of drug-likeness (QED) is 0.192. The van der Waals surface area contributed by atoms with E-state index in [1.54, 1.807) is 0 Å². The molecule has 0 aliphatic rings. The molecular weight excluding hydrogens is 376 g/mol. The van der Waals surface area contributed by atoms with Gasteiger partial charge in [-0.15, -0.1) is 0 Å². The number of benzene rings is 1. The van der Waals surface area contributed by atoms with Crippen LogP contribution in [0.25, 0.3) is 0 Å². The number of aryl methyl sites for hydroxylation is 1. The molecule has 0 saturated heterocycles. The molecule has 1 aromatic rings. The average molecular weight is 431 g/mol. The molecule has 0 amide bonds. The van der Waals surface area contributed by atoms with Crippen LogP contribution in [0.4, 0.5) is 0 Å². The van der Waals surface area contributed by atoms with Crippen LogP contribution < -0.4 is 11.1 Å². The van der Waals surface area contributed by atoms with Crippen LogP contribution in [0, 0.1) is 6.92 Å². The summed E-state index contributed by atoms with van der Waals surface area (Å²) in [5.41, 5.74) is 8.64. The maximum absolute atomic E-state index is 5.72. The normalized spacial score (nSPS) is 13.4. The van der Waals surface area contributed by atoms with Gasteiger partial charge in [0.05, 0.1) is 0 Å². The molecule has 1 atom stereocenters. The highest BCUT2D eigenvalue weighted by molar-refractivity contribution is 5.32. The summed E-state index contributed by atoms with van der Waals surface area (Å²) in [7, 11) is 0. The summed E-state index contributed by atoms with van der Waals surface area (Å²) in [4.78, 5) is 0.